The van der Waals surface area contributed by atoms with Crippen LogP contribution in [0.4, 0.5) is 4.79 Å². The Balaban J connectivity index is 4.36. The lowest BCUT2D eigenvalue weighted by molar-refractivity contribution is -0.834. The second-order valence-electron chi connectivity index (χ2n) is 3.03. The van der Waals surface area contributed by atoms with Gasteiger partial charge in [-0.1, -0.05) is 10.2 Å². The molecule has 82 valence electrons. The van der Waals surface area contributed by atoms with Crippen molar-refractivity contribution in [1.82, 2.24) is 0 Å². The van der Waals surface area contributed by atoms with Crippen molar-refractivity contribution in [2.24, 2.45) is 10.2 Å². The number of nitrogens with zero attached hydrogens (tertiary/aromatic N) is 7. The highest BCUT2D eigenvalue weighted by Crippen LogP contribution is 2.03. The first kappa shape index (κ1) is 13.1. The second kappa shape index (κ2) is 6.50. The first-order valence-corrected chi connectivity index (χ1v) is 4.16. The van der Waals surface area contributed by atoms with E-state index in [0.29, 0.717) is 0 Å². The fourth-order valence-corrected chi connectivity index (χ4v) is 0.923. The van der Waals surface area contributed by atoms with Crippen LogP contribution in [0.5, 0.6) is 0 Å². The zero-order chi connectivity index (χ0) is 11.7. The molecule has 0 saturated carbocycles. The minimum atomic E-state index is -1.05. The van der Waals surface area contributed by atoms with E-state index < -0.39 is 6.09 Å². The van der Waals surface area contributed by atoms with Crippen LogP contribution >= 0.6 is 0 Å². The van der Waals surface area contributed by atoms with Gasteiger partial charge in [0.05, 0.1) is 33.2 Å². The van der Waals surface area contributed by atoms with Gasteiger partial charge in [-0.15, -0.1) is 0 Å². The normalized spacial score (nSPS) is 13.1. The summed E-state index contributed by atoms with van der Waals surface area (Å²) in [5.41, 5.74) is 16.1. The summed E-state index contributed by atoms with van der Waals surface area (Å²) >= 11 is 0. The van der Waals surface area contributed by atoms with Crippen LogP contribution in [-0.2, 0) is 0 Å². The number of azide groups is 2. The molecule has 0 aliphatic rings. The van der Waals surface area contributed by atoms with Gasteiger partial charge in [-0.25, -0.2) is 4.48 Å². The smallest absolute Gasteiger partial charge is 0.435 e. The molecule has 0 atom stereocenters. The van der Waals surface area contributed by atoms with E-state index in [0.717, 1.165) is 0 Å². The van der Waals surface area contributed by atoms with Crippen molar-refractivity contribution in [2.75, 3.05) is 33.2 Å². The average molecular weight is 214 g/mol. The minimum Gasteiger partial charge on any atom is -0.435 e. The predicted molar refractivity (Wildman–Crippen MR) is 52.0 cm³/mol. The summed E-state index contributed by atoms with van der Waals surface area (Å²) in [7, 11) is 1.47. The molecule has 0 spiro atoms. The number of carbonyl (C=O) groups is 1. The molecule has 0 aromatic heterocycles. The van der Waals surface area contributed by atoms with E-state index >= 15 is 0 Å². The number of hydrogen-bond donors (Lipinski definition) is 1. The van der Waals surface area contributed by atoms with Crippen molar-refractivity contribution in [3.63, 3.8) is 0 Å². The molecule has 0 bridgehead atoms. The molecule has 0 unspecified atom stereocenters. The van der Waals surface area contributed by atoms with Crippen LogP contribution in [-0.4, -0.2) is 48.9 Å². The lowest BCUT2D eigenvalue weighted by Gasteiger charge is -2.26. The highest BCUT2D eigenvalue weighted by atomic mass is 16.4. The number of amides is 1. The summed E-state index contributed by atoms with van der Waals surface area (Å²) in [5, 5.41) is 15.5. The van der Waals surface area contributed by atoms with Gasteiger partial charge in [-0.3, -0.25) is 0 Å². The Morgan fingerprint density at radius 3 is 1.93 bits per heavy atom. The summed E-state index contributed by atoms with van der Waals surface area (Å²) in [6, 6.07) is 0. The van der Waals surface area contributed by atoms with Crippen LogP contribution in [0, 0.1) is 0 Å². The van der Waals surface area contributed by atoms with E-state index in [2.05, 4.69) is 20.1 Å². The van der Waals surface area contributed by atoms with E-state index in [1.165, 1.54) is 7.05 Å². The molecule has 0 aromatic carbocycles. The van der Waals surface area contributed by atoms with Crippen LogP contribution in [0.3, 0.4) is 0 Å². The number of hydrogen-bond acceptors (Lipinski definition) is 3. The molecule has 0 aliphatic heterocycles. The lowest BCUT2D eigenvalue weighted by Crippen LogP contribution is -2.51. The minimum absolute atomic E-state index is 0.0928. The van der Waals surface area contributed by atoms with Gasteiger partial charge in [0.15, 0.2) is 0 Å². The van der Waals surface area contributed by atoms with Gasteiger partial charge in [-0.2, -0.15) is 4.79 Å². The molecule has 0 radical (unpaired) electrons. The average Bonchev–Trinajstić information content (AvgIpc) is 2.18. The van der Waals surface area contributed by atoms with E-state index in [9.17, 15) is 4.79 Å². The molecule has 0 aromatic rings. The van der Waals surface area contributed by atoms with Crippen molar-refractivity contribution in [1.29, 1.82) is 0 Å². The van der Waals surface area contributed by atoms with Gasteiger partial charge in [0.1, 0.15) is 0 Å². The summed E-state index contributed by atoms with van der Waals surface area (Å²) in [6.07, 6.45) is -1.05. The molecular weight excluding hydrogens is 202 g/mol. The van der Waals surface area contributed by atoms with Gasteiger partial charge >= 0.3 is 6.09 Å². The van der Waals surface area contributed by atoms with E-state index in [-0.39, 0.29) is 30.7 Å². The Morgan fingerprint density at radius 1 is 1.27 bits per heavy atom. The Hall–Kier alpha value is -1.95. The molecule has 0 saturated heterocycles. The molecule has 0 rings (SSSR count). The van der Waals surface area contributed by atoms with E-state index in [1.54, 1.807) is 0 Å². The Kier molecular flexibility index (Phi) is 5.65. The van der Waals surface area contributed by atoms with Gasteiger partial charge in [0.25, 0.3) is 0 Å². The van der Waals surface area contributed by atoms with Crippen LogP contribution < -0.4 is 0 Å². The van der Waals surface area contributed by atoms with Crippen molar-refractivity contribution in [3.05, 3.63) is 20.9 Å². The van der Waals surface area contributed by atoms with Crippen LogP contribution in [0.15, 0.2) is 10.2 Å². The highest BCUT2D eigenvalue weighted by molar-refractivity contribution is 5.56. The third-order valence-electron chi connectivity index (χ3n) is 1.98. The SMILES string of the molecule is C[N+](CCN=[N+]=[N-])(CCN=[N+]=[N-])C(=O)O. The molecule has 9 nitrogen and oxygen atoms in total. The quantitative estimate of drug-likeness (QED) is 0.312. The largest absolute Gasteiger partial charge is 0.513 e. The Labute approximate surface area is 85.8 Å². The van der Waals surface area contributed by atoms with Crippen molar-refractivity contribution in [2.45, 2.75) is 0 Å². The third-order valence-corrected chi connectivity index (χ3v) is 1.98. The zero-order valence-corrected chi connectivity index (χ0v) is 8.31. The predicted octanol–water partition coefficient (Wildman–Crippen LogP) is 1.73. The monoisotopic (exact) mass is 214 g/mol. The molecule has 1 N–H and O–H groups in total. The van der Waals surface area contributed by atoms with Gasteiger partial charge in [0, 0.05) is 9.82 Å². The highest BCUT2D eigenvalue weighted by Gasteiger charge is 2.29. The molecule has 0 aliphatic carbocycles. The molecule has 1 amide bonds. The molecule has 0 fully saturated rings. The van der Waals surface area contributed by atoms with Gasteiger partial charge < -0.3 is 5.11 Å². The second-order valence-corrected chi connectivity index (χ2v) is 3.03. The number of likely N-dealkylation sites (N-methyl/N-ethyl adjacent to an activating group) is 1. The Morgan fingerprint density at radius 2 is 1.67 bits per heavy atom. The maximum absolute atomic E-state index is 10.9. The molecule has 9 heteroatoms. The van der Waals surface area contributed by atoms with E-state index in [4.69, 9.17) is 16.2 Å². The number of carboxylic acid groups (broad SMARTS) is 1. The van der Waals surface area contributed by atoms with Crippen LogP contribution in [0.1, 0.15) is 0 Å². The maximum atomic E-state index is 10.9. The zero-order valence-electron chi connectivity index (χ0n) is 8.31. The summed E-state index contributed by atoms with van der Waals surface area (Å²) in [4.78, 5) is 16.0. The van der Waals surface area contributed by atoms with Gasteiger partial charge in [-0.05, 0) is 11.1 Å². The first-order chi connectivity index (χ1) is 7.06. The maximum Gasteiger partial charge on any atom is 0.513 e. The molecular formula is C6H12N7O2+. The van der Waals surface area contributed by atoms with Crippen molar-refractivity contribution >= 4 is 6.09 Å². The molecule has 0 heterocycles. The van der Waals surface area contributed by atoms with Crippen LogP contribution in [0.25, 0.3) is 20.9 Å². The first-order valence-electron chi connectivity index (χ1n) is 4.16. The number of quaternary nitrogens is 1. The van der Waals surface area contributed by atoms with Crippen LogP contribution in [0.2, 0.25) is 0 Å². The van der Waals surface area contributed by atoms with Gasteiger partial charge in [0.2, 0.25) is 0 Å². The van der Waals surface area contributed by atoms with E-state index in [1.807, 2.05) is 0 Å². The third kappa shape index (κ3) is 4.72. The number of rotatable bonds is 6. The van der Waals surface area contributed by atoms with Crippen molar-refractivity contribution in [3.8, 4) is 0 Å². The fourth-order valence-electron chi connectivity index (χ4n) is 0.923. The lowest BCUT2D eigenvalue weighted by atomic mass is 10.4. The standard InChI is InChI=1S/C6H11N7O2/c1-13(6(14)15,4-2-9-11-7)5-3-10-12-8/h2-5H2,1H3/p+1. The molecule has 15 heavy (non-hydrogen) atoms. The summed E-state index contributed by atoms with van der Waals surface area (Å²) in [6.45, 7) is 0.520. The fraction of sp³-hybridized carbons (Fsp3) is 0.833. The summed E-state index contributed by atoms with van der Waals surface area (Å²) in [5.74, 6) is 0. The Bertz CT molecular complexity index is 293. The summed E-state index contributed by atoms with van der Waals surface area (Å²) < 4.78 is -0.335. The van der Waals surface area contributed by atoms with Crippen molar-refractivity contribution < 1.29 is 14.4 Å². The topological polar surface area (TPSA) is 135 Å².